The standard InChI is InChI=1S/C16H22F3NO3S/c1-5-23-14(21)15(10-11(2)3,16(17,18)19)20-24(22)13-8-6-12(4)7-9-13/h6-9,11,20H,5,10H2,1-4H3/t15-,24?/m1/s1. The number of hydrogen-bond donors (Lipinski definition) is 1. The number of benzene rings is 1. The van der Waals surface area contributed by atoms with Crippen LogP contribution >= 0.6 is 0 Å². The van der Waals surface area contributed by atoms with Crippen LogP contribution in [0.4, 0.5) is 13.2 Å². The lowest BCUT2D eigenvalue weighted by Gasteiger charge is -2.34. The molecule has 0 saturated heterocycles. The molecule has 24 heavy (non-hydrogen) atoms. The van der Waals surface area contributed by atoms with Crippen molar-refractivity contribution < 1.29 is 26.9 Å². The molecular formula is C16H22F3NO3S. The van der Waals surface area contributed by atoms with Gasteiger partial charge in [-0.15, -0.1) is 0 Å². The minimum Gasteiger partial charge on any atom is -0.464 e. The third-order valence-corrected chi connectivity index (χ3v) is 4.56. The fourth-order valence-corrected chi connectivity index (χ4v) is 3.30. The number of hydrogen-bond acceptors (Lipinski definition) is 3. The van der Waals surface area contributed by atoms with Gasteiger partial charge in [0, 0.05) is 0 Å². The van der Waals surface area contributed by atoms with E-state index in [9.17, 15) is 22.2 Å². The zero-order chi connectivity index (χ0) is 18.5. The second-order valence-corrected chi connectivity index (χ2v) is 7.12. The van der Waals surface area contributed by atoms with Crippen molar-refractivity contribution in [2.24, 2.45) is 5.92 Å². The summed E-state index contributed by atoms with van der Waals surface area (Å²) < 4.78 is 60.3. The van der Waals surface area contributed by atoms with Gasteiger partial charge in [-0.2, -0.15) is 13.2 Å². The van der Waals surface area contributed by atoms with Gasteiger partial charge in [0.2, 0.25) is 5.54 Å². The highest BCUT2D eigenvalue weighted by Crippen LogP contribution is 2.37. The number of aryl methyl sites for hydroxylation is 1. The van der Waals surface area contributed by atoms with Crippen LogP contribution < -0.4 is 4.72 Å². The Labute approximate surface area is 142 Å². The third kappa shape index (κ3) is 4.80. The molecule has 0 spiro atoms. The Balaban J connectivity index is 3.27. The third-order valence-electron chi connectivity index (χ3n) is 3.32. The van der Waals surface area contributed by atoms with Gasteiger partial charge in [0.25, 0.3) is 0 Å². The van der Waals surface area contributed by atoms with Gasteiger partial charge in [-0.25, -0.2) is 13.7 Å². The van der Waals surface area contributed by atoms with Gasteiger partial charge in [-0.3, -0.25) is 0 Å². The van der Waals surface area contributed by atoms with Crippen LogP contribution in [0.25, 0.3) is 0 Å². The van der Waals surface area contributed by atoms with Gasteiger partial charge >= 0.3 is 12.1 Å². The molecule has 2 atom stereocenters. The molecule has 0 aliphatic rings. The summed E-state index contributed by atoms with van der Waals surface area (Å²) in [5.74, 6) is -1.94. The number of carbonyl (C=O) groups excluding carboxylic acids is 1. The number of halogens is 3. The van der Waals surface area contributed by atoms with Gasteiger partial charge in [0.1, 0.15) is 11.0 Å². The molecule has 1 unspecified atom stereocenters. The van der Waals surface area contributed by atoms with Crippen molar-refractivity contribution >= 4 is 17.0 Å². The fourth-order valence-electron chi connectivity index (χ4n) is 2.20. The van der Waals surface area contributed by atoms with Crippen molar-refractivity contribution in [2.45, 2.75) is 50.7 Å². The van der Waals surface area contributed by atoms with Crippen molar-refractivity contribution in [2.75, 3.05) is 6.61 Å². The predicted molar refractivity (Wildman–Crippen MR) is 85.6 cm³/mol. The number of nitrogens with one attached hydrogen (secondary N) is 1. The summed E-state index contributed by atoms with van der Waals surface area (Å²) in [6, 6.07) is 6.19. The molecule has 0 aliphatic heterocycles. The normalized spacial score (nSPS) is 15.8. The monoisotopic (exact) mass is 365 g/mol. The number of ether oxygens (including phenoxy) is 1. The van der Waals surface area contributed by atoms with Crippen LogP contribution in [0.1, 0.15) is 32.8 Å². The summed E-state index contributed by atoms with van der Waals surface area (Å²) in [5, 5.41) is 0. The first-order chi connectivity index (χ1) is 11.0. The second-order valence-electron chi connectivity index (χ2n) is 5.91. The van der Waals surface area contributed by atoms with Gasteiger partial charge in [-0.05, 0) is 38.3 Å². The number of rotatable bonds is 7. The molecule has 0 heterocycles. The zero-order valence-corrected chi connectivity index (χ0v) is 14.9. The van der Waals surface area contributed by atoms with Crippen LogP contribution in [0.5, 0.6) is 0 Å². The van der Waals surface area contributed by atoms with E-state index in [1.807, 2.05) is 4.72 Å². The molecule has 1 aromatic rings. The summed E-state index contributed by atoms with van der Waals surface area (Å²) in [6.45, 7) is 6.13. The smallest absolute Gasteiger partial charge is 0.418 e. The summed E-state index contributed by atoms with van der Waals surface area (Å²) >= 11 is 0. The molecule has 0 amide bonds. The van der Waals surface area contributed by atoms with E-state index in [2.05, 4.69) is 4.74 Å². The van der Waals surface area contributed by atoms with E-state index in [-0.39, 0.29) is 11.5 Å². The second kappa shape index (κ2) is 8.11. The Kier molecular flexibility index (Phi) is 6.97. The average molecular weight is 365 g/mol. The van der Waals surface area contributed by atoms with Gasteiger partial charge in [0.15, 0.2) is 0 Å². The highest BCUT2D eigenvalue weighted by Gasteiger charge is 2.62. The molecule has 0 bridgehead atoms. The lowest BCUT2D eigenvalue weighted by atomic mass is 9.89. The minimum atomic E-state index is -4.95. The van der Waals surface area contributed by atoms with Gasteiger partial charge < -0.3 is 4.74 Å². The topological polar surface area (TPSA) is 55.4 Å². The molecule has 1 rings (SSSR count). The molecule has 1 N–H and O–H groups in total. The molecule has 0 saturated carbocycles. The van der Waals surface area contributed by atoms with E-state index >= 15 is 0 Å². The maximum atomic E-state index is 13.8. The fraction of sp³-hybridized carbons (Fsp3) is 0.562. The van der Waals surface area contributed by atoms with Crippen molar-refractivity contribution in [1.82, 2.24) is 4.72 Å². The van der Waals surface area contributed by atoms with Gasteiger partial charge in [0.05, 0.1) is 11.5 Å². The van der Waals surface area contributed by atoms with Crippen LogP contribution in [0.15, 0.2) is 29.2 Å². The molecule has 4 nitrogen and oxygen atoms in total. The summed E-state index contributed by atoms with van der Waals surface area (Å²) in [5.41, 5.74) is -2.14. The Morgan fingerprint density at radius 3 is 2.21 bits per heavy atom. The maximum absolute atomic E-state index is 13.8. The van der Waals surface area contributed by atoms with Crippen LogP contribution in [0.2, 0.25) is 0 Å². The number of carbonyl (C=O) groups is 1. The summed E-state index contributed by atoms with van der Waals surface area (Å²) in [7, 11) is -2.22. The molecule has 0 radical (unpaired) electrons. The Morgan fingerprint density at radius 1 is 1.25 bits per heavy atom. The molecule has 0 aliphatic carbocycles. The zero-order valence-electron chi connectivity index (χ0n) is 14.1. The van der Waals surface area contributed by atoms with E-state index in [0.29, 0.717) is 0 Å². The van der Waals surface area contributed by atoms with Crippen molar-refractivity contribution in [3.05, 3.63) is 29.8 Å². The highest BCUT2D eigenvalue weighted by atomic mass is 32.2. The number of esters is 1. The van der Waals surface area contributed by atoms with E-state index in [0.717, 1.165) is 5.56 Å². The Morgan fingerprint density at radius 2 is 1.79 bits per heavy atom. The summed E-state index contributed by atoms with van der Waals surface area (Å²) in [6.07, 6.45) is -5.53. The Bertz CT molecular complexity index is 587. The first-order valence-corrected chi connectivity index (χ1v) is 8.68. The molecule has 136 valence electrons. The quantitative estimate of drug-likeness (QED) is 0.752. The van der Waals surface area contributed by atoms with Crippen LogP contribution in [0.3, 0.4) is 0 Å². The molecule has 1 aromatic carbocycles. The van der Waals surface area contributed by atoms with E-state index in [1.54, 1.807) is 32.9 Å². The van der Waals surface area contributed by atoms with Crippen LogP contribution in [0, 0.1) is 12.8 Å². The van der Waals surface area contributed by atoms with Gasteiger partial charge in [-0.1, -0.05) is 31.5 Å². The average Bonchev–Trinajstić information content (AvgIpc) is 2.45. The first kappa shape index (κ1) is 20.6. The predicted octanol–water partition coefficient (Wildman–Crippen LogP) is 3.52. The Hall–Kier alpha value is -1.41. The molecule has 0 fully saturated rings. The molecule has 0 aromatic heterocycles. The van der Waals surface area contributed by atoms with E-state index in [4.69, 9.17) is 0 Å². The minimum absolute atomic E-state index is 0.155. The first-order valence-electron chi connectivity index (χ1n) is 7.53. The lowest BCUT2D eigenvalue weighted by Crippen LogP contribution is -2.64. The van der Waals surface area contributed by atoms with Crippen molar-refractivity contribution in [3.8, 4) is 0 Å². The largest absolute Gasteiger partial charge is 0.464 e. The van der Waals surface area contributed by atoms with E-state index in [1.165, 1.54) is 19.1 Å². The molecular weight excluding hydrogens is 343 g/mol. The summed E-state index contributed by atoms with van der Waals surface area (Å²) in [4.78, 5) is 12.3. The lowest BCUT2D eigenvalue weighted by molar-refractivity contribution is -0.212. The molecule has 8 heteroatoms. The number of alkyl halides is 3. The highest BCUT2D eigenvalue weighted by molar-refractivity contribution is 7.83. The maximum Gasteiger partial charge on any atom is 0.418 e. The van der Waals surface area contributed by atoms with Crippen molar-refractivity contribution in [3.63, 3.8) is 0 Å². The van der Waals surface area contributed by atoms with Crippen molar-refractivity contribution in [1.29, 1.82) is 0 Å². The van der Waals surface area contributed by atoms with Crippen LogP contribution in [-0.2, 0) is 20.5 Å². The van der Waals surface area contributed by atoms with Crippen LogP contribution in [-0.4, -0.2) is 28.5 Å². The SMILES string of the molecule is CCOC(=O)[C@@](CC(C)C)(NS(=O)c1ccc(C)cc1)C(F)(F)F. The van der Waals surface area contributed by atoms with E-state index < -0.39 is 41.0 Å².